The second-order valence-corrected chi connectivity index (χ2v) is 5.66. The van der Waals surface area contributed by atoms with Crippen molar-refractivity contribution >= 4 is 17.3 Å². The van der Waals surface area contributed by atoms with Crippen molar-refractivity contribution in [2.24, 2.45) is 5.92 Å². The molecule has 7 heteroatoms. The Bertz CT molecular complexity index is 554. The Kier molecular flexibility index (Phi) is 5.32. The Balaban J connectivity index is 2.01. The lowest BCUT2D eigenvalue weighted by Crippen LogP contribution is -2.39. The minimum Gasteiger partial charge on any atom is -0.393 e. The molecular weight excluding hydrogens is 284 g/mol. The first kappa shape index (κ1) is 16.2. The average Bonchev–Trinajstić information content (AvgIpc) is 2.53. The van der Waals surface area contributed by atoms with Gasteiger partial charge < -0.3 is 16.0 Å². The van der Waals surface area contributed by atoms with Crippen LogP contribution in [0.4, 0.5) is 11.4 Å². The number of likely N-dealkylation sites (tertiary alicyclic amines) is 1. The van der Waals surface area contributed by atoms with Crippen molar-refractivity contribution in [2.45, 2.75) is 19.3 Å². The maximum absolute atomic E-state index is 12.5. The summed E-state index contributed by atoms with van der Waals surface area (Å²) in [7, 11) is 1.94. The summed E-state index contributed by atoms with van der Waals surface area (Å²) in [5.41, 5.74) is 5.75. The molecule has 120 valence electrons. The number of amides is 1. The fourth-order valence-electron chi connectivity index (χ4n) is 2.79. The molecule has 2 rings (SSSR count). The summed E-state index contributed by atoms with van der Waals surface area (Å²) < 4.78 is 0. The molecule has 0 unspecified atom stereocenters. The van der Waals surface area contributed by atoms with Crippen LogP contribution in [0.25, 0.3) is 0 Å². The van der Waals surface area contributed by atoms with E-state index in [2.05, 4.69) is 5.32 Å². The van der Waals surface area contributed by atoms with E-state index in [1.807, 2.05) is 7.05 Å². The van der Waals surface area contributed by atoms with Crippen molar-refractivity contribution in [3.05, 3.63) is 33.9 Å². The molecule has 0 aromatic heterocycles. The summed E-state index contributed by atoms with van der Waals surface area (Å²) in [6.45, 7) is 2.39. The third-order valence-electron chi connectivity index (χ3n) is 4.18. The van der Waals surface area contributed by atoms with Gasteiger partial charge in [-0.2, -0.15) is 0 Å². The van der Waals surface area contributed by atoms with E-state index in [1.165, 1.54) is 12.1 Å². The van der Waals surface area contributed by atoms with Gasteiger partial charge in [-0.15, -0.1) is 0 Å². The zero-order valence-corrected chi connectivity index (χ0v) is 12.7. The summed E-state index contributed by atoms with van der Waals surface area (Å²) in [4.78, 5) is 24.6. The van der Waals surface area contributed by atoms with Crippen LogP contribution >= 0.6 is 0 Å². The average molecular weight is 306 g/mol. The summed E-state index contributed by atoms with van der Waals surface area (Å²) in [5, 5.41) is 14.1. The lowest BCUT2D eigenvalue weighted by molar-refractivity contribution is -0.383. The SMILES string of the molecule is CNCCC1CCN(C(=O)c2ccc(N)c([N+](=O)[O-])c2)CC1. The van der Waals surface area contributed by atoms with Crippen molar-refractivity contribution in [1.29, 1.82) is 0 Å². The molecule has 1 aliphatic rings. The monoisotopic (exact) mass is 306 g/mol. The molecule has 22 heavy (non-hydrogen) atoms. The number of nitrogens with zero attached hydrogens (tertiary/aromatic N) is 2. The second kappa shape index (κ2) is 7.22. The molecule has 0 saturated carbocycles. The topological polar surface area (TPSA) is 102 Å². The van der Waals surface area contributed by atoms with E-state index < -0.39 is 4.92 Å². The second-order valence-electron chi connectivity index (χ2n) is 5.66. The number of hydrogen-bond acceptors (Lipinski definition) is 5. The molecule has 0 aliphatic carbocycles. The largest absolute Gasteiger partial charge is 0.393 e. The number of rotatable bonds is 5. The number of nitro groups is 1. The highest BCUT2D eigenvalue weighted by atomic mass is 16.6. The molecule has 1 amide bonds. The number of hydrogen-bond donors (Lipinski definition) is 2. The van der Waals surface area contributed by atoms with Crippen LogP contribution in [0.1, 0.15) is 29.6 Å². The number of carbonyl (C=O) groups excluding carboxylic acids is 1. The van der Waals surface area contributed by atoms with E-state index in [-0.39, 0.29) is 17.3 Å². The standard InChI is InChI=1S/C15H22N4O3/c1-17-7-4-11-5-8-18(9-6-11)15(20)12-2-3-13(16)14(10-12)19(21)22/h2-3,10-11,17H,4-9,16H2,1H3. The summed E-state index contributed by atoms with van der Waals surface area (Å²) >= 11 is 0. The molecule has 0 bridgehead atoms. The van der Waals surface area contributed by atoms with Gasteiger partial charge in [-0.1, -0.05) is 0 Å². The van der Waals surface area contributed by atoms with Gasteiger partial charge in [-0.3, -0.25) is 14.9 Å². The maximum Gasteiger partial charge on any atom is 0.292 e. The molecule has 1 aromatic rings. The molecule has 1 aliphatic heterocycles. The first-order chi connectivity index (χ1) is 10.5. The van der Waals surface area contributed by atoms with Gasteiger partial charge in [-0.25, -0.2) is 0 Å². The number of nitrogen functional groups attached to an aromatic ring is 1. The van der Waals surface area contributed by atoms with E-state index in [0.29, 0.717) is 24.6 Å². The maximum atomic E-state index is 12.5. The van der Waals surface area contributed by atoms with Gasteiger partial charge in [0.2, 0.25) is 0 Å². The van der Waals surface area contributed by atoms with Crippen molar-refractivity contribution in [3.63, 3.8) is 0 Å². The summed E-state index contributed by atoms with van der Waals surface area (Å²) in [6, 6.07) is 4.24. The highest BCUT2D eigenvalue weighted by Gasteiger charge is 2.25. The molecule has 1 aromatic carbocycles. The summed E-state index contributed by atoms with van der Waals surface area (Å²) in [5.74, 6) is 0.479. The van der Waals surface area contributed by atoms with E-state index >= 15 is 0 Å². The van der Waals surface area contributed by atoms with Gasteiger partial charge in [0.1, 0.15) is 5.69 Å². The van der Waals surface area contributed by atoms with Gasteiger partial charge in [0.05, 0.1) is 4.92 Å². The molecule has 1 heterocycles. The van der Waals surface area contributed by atoms with Crippen LogP contribution in [0.2, 0.25) is 0 Å². The highest BCUT2D eigenvalue weighted by Crippen LogP contribution is 2.25. The molecule has 0 spiro atoms. The molecule has 1 saturated heterocycles. The Morgan fingerprint density at radius 2 is 2.14 bits per heavy atom. The van der Waals surface area contributed by atoms with Crippen LogP contribution in [0.5, 0.6) is 0 Å². The first-order valence-electron chi connectivity index (χ1n) is 7.50. The number of piperidine rings is 1. The molecule has 0 atom stereocenters. The number of benzene rings is 1. The van der Waals surface area contributed by atoms with Crippen LogP contribution in [-0.4, -0.2) is 42.4 Å². The van der Waals surface area contributed by atoms with Gasteiger partial charge in [0, 0.05) is 24.7 Å². The lowest BCUT2D eigenvalue weighted by Gasteiger charge is -2.32. The Morgan fingerprint density at radius 3 is 2.73 bits per heavy atom. The fraction of sp³-hybridized carbons (Fsp3) is 0.533. The smallest absolute Gasteiger partial charge is 0.292 e. The van der Waals surface area contributed by atoms with Gasteiger partial charge in [-0.05, 0) is 50.9 Å². The van der Waals surface area contributed by atoms with Gasteiger partial charge >= 0.3 is 0 Å². The van der Waals surface area contributed by atoms with E-state index in [1.54, 1.807) is 11.0 Å². The Hall–Kier alpha value is -2.15. The minimum absolute atomic E-state index is 0.0762. The lowest BCUT2D eigenvalue weighted by atomic mass is 9.93. The number of anilines is 1. The molecule has 0 radical (unpaired) electrons. The molecule has 7 nitrogen and oxygen atoms in total. The Labute approximate surface area is 129 Å². The third-order valence-corrected chi connectivity index (χ3v) is 4.18. The van der Waals surface area contributed by atoms with Gasteiger partial charge in [0.25, 0.3) is 11.6 Å². The van der Waals surface area contributed by atoms with Crippen LogP contribution in [0.3, 0.4) is 0 Å². The third kappa shape index (κ3) is 3.73. The predicted octanol–water partition coefficient (Wildman–Crippen LogP) is 1.64. The molecular formula is C15H22N4O3. The van der Waals surface area contributed by atoms with Crippen LogP contribution in [0, 0.1) is 16.0 Å². The molecule has 3 N–H and O–H groups in total. The van der Waals surface area contributed by atoms with Crippen LogP contribution in [-0.2, 0) is 0 Å². The quantitative estimate of drug-likeness (QED) is 0.489. The molecule has 1 fully saturated rings. The predicted molar refractivity (Wildman–Crippen MR) is 84.7 cm³/mol. The zero-order valence-electron chi connectivity index (χ0n) is 12.7. The van der Waals surface area contributed by atoms with Crippen molar-refractivity contribution in [2.75, 3.05) is 32.4 Å². The number of carbonyl (C=O) groups is 1. The summed E-state index contributed by atoms with van der Waals surface area (Å²) in [6.07, 6.45) is 3.07. The Morgan fingerprint density at radius 1 is 1.45 bits per heavy atom. The van der Waals surface area contributed by atoms with Crippen LogP contribution in [0.15, 0.2) is 18.2 Å². The van der Waals surface area contributed by atoms with E-state index in [4.69, 9.17) is 5.73 Å². The number of nitro benzene ring substituents is 1. The van der Waals surface area contributed by atoms with E-state index in [0.717, 1.165) is 25.8 Å². The first-order valence-corrected chi connectivity index (χ1v) is 7.50. The van der Waals surface area contributed by atoms with Crippen molar-refractivity contribution in [1.82, 2.24) is 10.2 Å². The number of nitrogens with two attached hydrogens (primary N) is 1. The van der Waals surface area contributed by atoms with Crippen molar-refractivity contribution < 1.29 is 9.72 Å². The van der Waals surface area contributed by atoms with Gasteiger partial charge in [0.15, 0.2) is 0 Å². The number of nitrogens with one attached hydrogen (secondary N) is 1. The van der Waals surface area contributed by atoms with Crippen LogP contribution < -0.4 is 11.1 Å². The normalized spacial score (nSPS) is 15.8. The van der Waals surface area contributed by atoms with E-state index in [9.17, 15) is 14.9 Å². The van der Waals surface area contributed by atoms with Crippen molar-refractivity contribution in [3.8, 4) is 0 Å². The fourth-order valence-corrected chi connectivity index (χ4v) is 2.79. The minimum atomic E-state index is -0.559. The highest BCUT2D eigenvalue weighted by molar-refractivity contribution is 5.95. The zero-order chi connectivity index (χ0) is 16.1.